The van der Waals surface area contributed by atoms with E-state index in [-0.39, 0.29) is 4.90 Å². The van der Waals surface area contributed by atoms with E-state index in [9.17, 15) is 8.42 Å². The summed E-state index contributed by atoms with van der Waals surface area (Å²) in [6.45, 7) is 0. The molecular formula is C5H2BrClINO2S. The zero-order valence-corrected chi connectivity index (χ0v) is 10.8. The normalized spacial score (nSPS) is 11.6. The van der Waals surface area contributed by atoms with Gasteiger partial charge in [0.05, 0.1) is 8.47 Å². The Kier molecular flexibility index (Phi) is 3.35. The van der Waals surface area contributed by atoms with Crippen LogP contribution in [-0.2, 0) is 9.05 Å². The van der Waals surface area contributed by atoms with Crippen LogP contribution in [-0.4, -0.2) is 13.4 Å². The van der Waals surface area contributed by atoms with Crippen molar-refractivity contribution in [2.75, 3.05) is 0 Å². The van der Waals surface area contributed by atoms with Crippen LogP contribution in [0.5, 0.6) is 0 Å². The van der Waals surface area contributed by atoms with Gasteiger partial charge < -0.3 is 0 Å². The van der Waals surface area contributed by atoms with Crippen LogP contribution in [0.1, 0.15) is 0 Å². The quantitative estimate of drug-likeness (QED) is 0.426. The standard InChI is InChI=1S/C5H2BrClINO2S/c6-5-1-4(12(7,10)11)3(8)2-9-5/h1-2H. The molecule has 1 aromatic rings. The zero-order chi connectivity index (χ0) is 9.35. The lowest BCUT2D eigenvalue weighted by molar-refractivity contribution is 0.609. The summed E-state index contributed by atoms with van der Waals surface area (Å²) >= 11 is 4.91. The average Bonchev–Trinajstić information content (AvgIpc) is 1.92. The van der Waals surface area contributed by atoms with Crippen molar-refractivity contribution in [1.82, 2.24) is 4.98 Å². The molecule has 0 bridgehead atoms. The predicted octanol–water partition coefficient (Wildman–Crippen LogP) is 2.38. The fourth-order valence-corrected chi connectivity index (χ4v) is 3.54. The number of hydrogen-bond donors (Lipinski definition) is 0. The second-order valence-corrected chi connectivity index (χ2v) is 6.38. The lowest BCUT2D eigenvalue weighted by atomic mass is 10.5. The maximum atomic E-state index is 10.9. The molecule has 0 aromatic carbocycles. The molecule has 0 amide bonds. The van der Waals surface area contributed by atoms with E-state index in [0.717, 1.165) is 0 Å². The number of hydrogen-bond acceptors (Lipinski definition) is 3. The van der Waals surface area contributed by atoms with Crippen molar-refractivity contribution < 1.29 is 8.42 Å². The molecule has 0 fully saturated rings. The molecule has 1 rings (SSSR count). The van der Waals surface area contributed by atoms with Gasteiger partial charge in [0.1, 0.15) is 4.60 Å². The summed E-state index contributed by atoms with van der Waals surface area (Å²) in [5.41, 5.74) is 0. The van der Waals surface area contributed by atoms with E-state index in [2.05, 4.69) is 20.9 Å². The van der Waals surface area contributed by atoms with E-state index in [4.69, 9.17) is 10.7 Å². The van der Waals surface area contributed by atoms with Crippen molar-refractivity contribution in [3.8, 4) is 0 Å². The number of rotatable bonds is 1. The average molecular weight is 382 g/mol. The van der Waals surface area contributed by atoms with E-state index in [1.54, 1.807) is 0 Å². The highest BCUT2D eigenvalue weighted by atomic mass is 127. The van der Waals surface area contributed by atoms with Crippen LogP contribution in [0, 0.1) is 3.57 Å². The highest BCUT2D eigenvalue weighted by Crippen LogP contribution is 2.23. The predicted molar refractivity (Wildman–Crippen MR) is 57.7 cm³/mol. The lowest BCUT2D eigenvalue weighted by Crippen LogP contribution is -1.95. The molecule has 0 saturated heterocycles. The Morgan fingerprint density at radius 3 is 2.58 bits per heavy atom. The maximum Gasteiger partial charge on any atom is 0.262 e. The Labute approximate surface area is 96.2 Å². The van der Waals surface area contributed by atoms with Gasteiger partial charge in [-0.1, -0.05) is 0 Å². The highest BCUT2D eigenvalue weighted by molar-refractivity contribution is 14.1. The molecule has 0 aliphatic heterocycles. The molecule has 0 atom stereocenters. The molecular weight excluding hydrogens is 380 g/mol. The van der Waals surface area contributed by atoms with E-state index in [0.29, 0.717) is 8.17 Å². The van der Waals surface area contributed by atoms with Gasteiger partial charge in [-0.05, 0) is 44.6 Å². The van der Waals surface area contributed by atoms with E-state index >= 15 is 0 Å². The number of halogens is 3. The van der Waals surface area contributed by atoms with Gasteiger partial charge in [-0.15, -0.1) is 0 Å². The van der Waals surface area contributed by atoms with Gasteiger partial charge in [0.25, 0.3) is 9.05 Å². The smallest absolute Gasteiger partial charge is 0.248 e. The second-order valence-electron chi connectivity index (χ2n) is 1.88. The zero-order valence-electron chi connectivity index (χ0n) is 5.46. The summed E-state index contributed by atoms with van der Waals surface area (Å²) in [5, 5.41) is 0. The van der Waals surface area contributed by atoms with Crippen LogP contribution in [0.4, 0.5) is 0 Å². The molecule has 66 valence electrons. The van der Waals surface area contributed by atoms with Gasteiger partial charge >= 0.3 is 0 Å². The molecule has 0 aliphatic carbocycles. The molecule has 0 aliphatic rings. The number of aromatic nitrogens is 1. The summed E-state index contributed by atoms with van der Waals surface area (Å²) in [7, 11) is 1.49. The molecule has 1 heterocycles. The minimum atomic E-state index is -3.66. The van der Waals surface area contributed by atoms with Crippen molar-refractivity contribution in [2.24, 2.45) is 0 Å². The summed E-state index contributed by atoms with van der Waals surface area (Å²) in [4.78, 5) is 3.91. The molecule has 0 radical (unpaired) electrons. The fraction of sp³-hybridized carbons (Fsp3) is 0. The maximum absolute atomic E-state index is 10.9. The SMILES string of the molecule is O=S(=O)(Cl)c1cc(Br)ncc1I. The van der Waals surface area contributed by atoms with Gasteiger partial charge in [0, 0.05) is 16.9 Å². The van der Waals surface area contributed by atoms with E-state index in [1.807, 2.05) is 22.6 Å². The first kappa shape index (κ1) is 10.7. The molecule has 12 heavy (non-hydrogen) atoms. The minimum absolute atomic E-state index is 0.0756. The molecule has 7 heteroatoms. The minimum Gasteiger partial charge on any atom is -0.248 e. The van der Waals surface area contributed by atoms with Gasteiger partial charge in [-0.3, -0.25) is 0 Å². The number of pyridine rings is 1. The van der Waals surface area contributed by atoms with E-state index in [1.165, 1.54) is 12.3 Å². The number of nitrogens with zero attached hydrogens (tertiary/aromatic N) is 1. The van der Waals surface area contributed by atoms with Crippen LogP contribution >= 0.6 is 49.2 Å². The Morgan fingerprint density at radius 2 is 2.17 bits per heavy atom. The summed E-state index contributed by atoms with van der Waals surface area (Å²) in [6, 6.07) is 1.37. The monoisotopic (exact) mass is 381 g/mol. The summed E-state index contributed by atoms with van der Waals surface area (Å²) in [6.07, 6.45) is 1.43. The van der Waals surface area contributed by atoms with Crippen LogP contribution in [0.15, 0.2) is 21.8 Å². The van der Waals surface area contributed by atoms with Crippen LogP contribution in [0.2, 0.25) is 0 Å². The molecule has 0 spiro atoms. The van der Waals surface area contributed by atoms with Crippen molar-refractivity contribution in [1.29, 1.82) is 0 Å². The Morgan fingerprint density at radius 1 is 1.58 bits per heavy atom. The van der Waals surface area contributed by atoms with Crippen LogP contribution in [0.25, 0.3) is 0 Å². The topological polar surface area (TPSA) is 47.0 Å². The van der Waals surface area contributed by atoms with Crippen molar-refractivity contribution in [3.05, 3.63) is 20.4 Å². The molecule has 0 saturated carbocycles. The molecule has 0 N–H and O–H groups in total. The third-order valence-corrected chi connectivity index (χ3v) is 4.07. The first-order valence-corrected chi connectivity index (χ1v) is 6.85. The van der Waals surface area contributed by atoms with Crippen LogP contribution in [0.3, 0.4) is 0 Å². The highest BCUT2D eigenvalue weighted by Gasteiger charge is 2.14. The van der Waals surface area contributed by atoms with Crippen molar-refractivity contribution in [2.45, 2.75) is 4.90 Å². The molecule has 3 nitrogen and oxygen atoms in total. The Balaban J connectivity index is 3.43. The molecule has 1 aromatic heterocycles. The Bertz CT molecular complexity index is 408. The first-order chi connectivity index (χ1) is 5.41. The van der Waals surface area contributed by atoms with Gasteiger partial charge in [-0.2, -0.15) is 0 Å². The second kappa shape index (κ2) is 3.77. The van der Waals surface area contributed by atoms with Gasteiger partial charge in [0.2, 0.25) is 0 Å². The van der Waals surface area contributed by atoms with Crippen LogP contribution < -0.4 is 0 Å². The van der Waals surface area contributed by atoms with Crippen molar-refractivity contribution >= 4 is 58.3 Å². The third-order valence-electron chi connectivity index (χ3n) is 1.05. The Hall–Kier alpha value is 0.600. The van der Waals surface area contributed by atoms with E-state index < -0.39 is 9.05 Å². The largest absolute Gasteiger partial charge is 0.262 e. The molecule has 0 unspecified atom stereocenters. The first-order valence-electron chi connectivity index (χ1n) is 2.67. The summed E-state index contributed by atoms with van der Waals surface area (Å²) in [5.74, 6) is 0. The third kappa shape index (κ3) is 2.54. The fourth-order valence-electron chi connectivity index (χ4n) is 0.583. The van der Waals surface area contributed by atoms with Crippen molar-refractivity contribution in [3.63, 3.8) is 0 Å². The lowest BCUT2D eigenvalue weighted by Gasteiger charge is -1.98. The van der Waals surface area contributed by atoms with Gasteiger partial charge in [0.15, 0.2) is 0 Å². The summed E-state index contributed by atoms with van der Waals surface area (Å²) < 4.78 is 22.8. The van der Waals surface area contributed by atoms with Gasteiger partial charge in [-0.25, -0.2) is 13.4 Å².